The van der Waals surface area contributed by atoms with E-state index in [0.717, 1.165) is 83.7 Å². The van der Waals surface area contributed by atoms with Crippen LogP contribution in [0.5, 0.6) is 0 Å². The van der Waals surface area contributed by atoms with Crippen molar-refractivity contribution in [2.24, 2.45) is 0 Å². The predicted molar refractivity (Wildman–Crippen MR) is 180 cm³/mol. The molecular weight excluding hydrogens is 522 g/mol. The fourth-order valence-corrected chi connectivity index (χ4v) is 5.39. The summed E-state index contributed by atoms with van der Waals surface area (Å²) in [6, 6.07) is 0. The maximum Gasteiger partial charge on any atom is 0.309 e. The largest absolute Gasteiger partial charge is 0.348 e. The van der Waals surface area contributed by atoms with Crippen LogP contribution < -0.4 is 10.6 Å². The zero-order valence-corrected chi connectivity index (χ0v) is 28.4. The van der Waals surface area contributed by atoms with Crippen LogP contribution in [-0.4, -0.2) is 48.8 Å². The van der Waals surface area contributed by atoms with Gasteiger partial charge in [-0.15, -0.1) is 0 Å². The summed E-state index contributed by atoms with van der Waals surface area (Å²) in [5.74, 6) is -0.726. The van der Waals surface area contributed by atoms with Crippen molar-refractivity contribution < 1.29 is 14.4 Å². The van der Waals surface area contributed by atoms with Gasteiger partial charge < -0.3 is 15.5 Å². The zero-order valence-electron chi connectivity index (χ0n) is 28.4. The van der Waals surface area contributed by atoms with Crippen molar-refractivity contribution in [3.05, 3.63) is 0 Å². The minimum atomic E-state index is -0.517. The van der Waals surface area contributed by atoms with E-state index < -0.39 is 11.8 Å². The average molecular weight is 594 g/mol. The Morgan fingerprint density at radius 2 is 0.714 bits per heavy atom. The van der Waals surface area contributed by atoms with E-state index in [1.165, 1.54) is 89.9 Å². The summed E-state index contributed by atoms with van der Waals surface area (Å²) in [5, 5.41) is 5.50. The first-order chi connectivity index (χ1) is 20.6. The molecule has 0 atom stereocenters. The molecular formula is C36H71N3O3. The Kier molecular flexibility index (Phi) is 31.1. The number of hydrogen-bond donors (Lipinski definition) is 2. The third-order valence-corrected chi connectivity index (χ3v) is 8.29. The van der Waals surface area contributed by atoms with Crippen LogP contribution in [0, 0.1) is 0 Å². The second-order valence-electron chi connectivity index (χ2n) is 12.4. The highest BCUT2D eigenvalue weighted by Crippen LogP contribution is 2.14. The maximum atomic E-state index is 12.5. The minimum absolute atomic E-state index is 0.301. The number of amides is 3. The molecule has 6 heteroatoms. The van der Waals surface area contributed by atoms with Crippen LogP contribution in [0.3, 0.4) is 0 Å². The minimum Gasteiger partial charge on any atom is -0.348 e. The quantitative estimate of drug-likeness (QED) is 0.0621. The van der Waals surface area contributed by atoms with Gasteiger partial charge in [-0.05, 0) is 32.1 Å². The lowest BCUT2D eigenvalue weighted by atomic mass is 10.0. The molecule has 0 aromatic carbocycles. The second kappa shape index (κ2) is 32.3. The highest BCUT2D eigenvalue weighted by atomic mass is 16.2. The van der Waals surface area contributed by atoms with Crippen molar-refractivity contribution in [2.45, 2.75) is 188 Å². The maximum absolute atomic E-state index is 12.5. The first-order valence-corrected chi connectivity index (χ1v) is 18.4. The summed E-state index contributed by atoms with van der Waals surface area (Å²) in [4.78, 5) is 38.6. The van der Waals surface area contributed by atoms with E-state index in [1.54, 1.807) is 0 Å². The molecule has 0 radical (unpaired) electrons. The molecule has 0 spiro atoms. The molecule has 0 saturated carbocycles. The van der Waals surface area contributed by atoms with E-state index in [1.807, 2.05) is 4.90 Å². The Labute approximate surface area is 261 Å². The average Bonchev–Trinajstić information content (AvgIpc) is 2.99. The molecule has 0 aliphatic rings. The van der Waals surface area contributed by atoms with Gasteiger partial charge in [-0.2, -0.15) is 0 Å². The van der Waals surface area contributed by atoms with E-state index in [9.17, 15) is 14.4 Å². The van der Waals surface area contributed by atoms with Crippen LogP contribution >= 0.6 is 0 Å². The van der Waals surface area contributed by atoms with Gasteiger partial charge in [-0.3, -0.25) is 14.4 Å². The van der Waals surface area contributed by atoms with Crippen LogP contribution in [0.25, 0.3) is 0 Å². The SMILES string of the molecule is CCCCCCCCCCCCCCCCCCNC(=O)C(=O)NCCCCCCCC(=O)N(CCCC)CCCC. The van der Waals surface area contributed by atoms with Gasteiger partial charge >= 0.3 is 11.8 Å². The topological polar surface area (TPSA) is 78.5 Å². The third kappa shape index (κ3) is 27.3. The zero-order chi connectivity index (χ0) is 30.9. The normalized spacial score (nSPS) is 11.0. The van der Waals surface area contributed by atoms with Crippen molar-refractivity contribution in [1.29, 1.82) is 0 Å². The molecule has 0 fully saturated rings. The fraction of sp³-hybridized carbons (Fsp3) is 0.917. The summed E-state index contributed by atoms with van der Waals surface area (Å²) < 4.78 is 0. The summed E-state index contributed by atoms with van der Waals surface area (Å²) >= 11 is 0. The lowest BCUT2D eigenvalue weighted by Crippen LogP contribution is -2.40. The number of nitrogens with zero attached hydrogens (tertiary/aromatic N) is 1. The van der Waals surface area contributed by atoms with E-state index in [2.05, 4.69) is 31.4 Å². The van der Waals surface area contributed by atoms with Crippen molar-refractivity contribution in [1.82, 2.24) is 15.5 Å². The standard InChI is InChI=1S/C36H71N3O3/c1-4-7-10-11-12-13-14-15-16-17-18-19-20-21-24-27-30-37-35(41)36(42)38-31-28-25-22-23-26-29-34(40)39(32-8-5-2)33-9-6-3/h4-33H2,1-3H3,(H,37,41)(H,38,42). The Morgan fingerprint density at radius 3 is 1.07 bits per heavy atom. The molecule has 0 aromatic heterocycles. The van der Waals surface area contributed by atoms with E-state index in [4.69, 9.17) is 0 Å². The molecule has 42 heavy (non-hydrogen) atoms. The van der Waals surface area contributed by atoms with E-state index in [0.29, 0.717) is 25.4 Å². The molecule has 0 aliphatic heterocycles. The molecule has 0 aliphatic carbocycles. The van der Waals surface area contributed by atoms with Crippen LogP contribution in [0.15, 0.2) is 0 Å². The van der Waals surface area contributed by atoms with Crippen LogP contribution in [0.2, 0.25) is 0 Å². The van der Waals surface area contributed by atoms with Crippen molar-refractivity contribution in [3.8, 4) is 0 Å². The van der Waals surface area contributed by atoms with Crippen molar-refractivity contribution in [2.75, 3.05) is 26.2 Å². The van der Waals surface area contributed by atoms with Gasteiger partial charge in [0.1, 0.15) is 0 Å². The number of unbranched alkanes of at least 4 members (excludes halogenated alkanes) is 21. The summed E-state index contributed by atoms with van der Waals surface area (Å²) in [7, 11) is 0. The third-order valence-electron chi connectivity index (χ3n) is 8.29. The lowest BCUT2D eigenvalue weighted by Gasteiger charge is -2.22. The lowest BCUT2D eigenvalue weighted by molar-refractivity contribution is -0.139. The first kappa shape index (κ1) is 40.4. The number of nitrogens with one attached hydrogen (secondary N) is 2. The fourth-order valence-electron chi connectivity index (χ4n) is 5.39. The molecule has 3 amide bonds. The molecule has 6 nitrogen and oxygen atoms in total. The van der Waals surface area contributed by atoms with Gasteiger partial charge in [0.2, 0.25) is 5.91 Å². The molecule has 0 bridgehead atoms. The molecule has 0 unspecified atom stereocenters. The summed E-state index contributed by atoms with van der Waals surface area (Å²) in [5.41, 5.74) is 0. The van der Waals surface area contributed by atoms with Gasteiger partial charge in [0.25, 0.3) is 0 Å². The Balaban J connectivity index is 3.51. The molecule has 2 N–H and O–H groups in total. The van der Waals surface area contributed by atoms with Gasteiger partial charge in [-0.1, -0.05) is 149 Å². The van der Waals surface area contributed by atoms with Crippen molar-refractivity contribution in [3.63, 3.8) is 0 Å². The van der Waals surface area contributed by atoms with Gasteiger partial charge in [0, 0.05) is 32.6 Å². The predicted octanol–water partition coefficient (Wildman–Crippen LogP) is 9.25. The Morgan fingerprint density at radius 1 is 0.405 bits per heavy atom. The number of hydrogen-bond acceptors (Lipinski definition) is 3. The number of carbonyl (C=O) groups excluding carboxylic acids is 3. The van der Waals surface area contributed by atoms with Crippen LogP contribution in [0.4, 0.5) is 0 Å². The molecule has 248 valence electrons. The molecule has 0 rings (SSSR count). The van der Waals surface area contributed by atoms with E-state index in [-0.39, 0.29) is 0 Å². The Hall–Kier alpha value is -1.59. The second-order valence-corrected chi connectivity index (χ2v) is 12.4. The van der Waals surface area contributed by atoms with E-state index >= 15 is 0 Å². The van der Waals surface area contributed by atoms with Gasteiger partial charge in [0.05, 0.1) is 0 Å². The number of rotatable bonds is 31. The van der Waals surface area contributed by atoms with Crippen LogP contribution in [-0.2, 0) is 14.4 Å². The highest BCUT2D eigenvalue weighted by molar-refractivity contribution is 6.35. The smallest absolute Gasteiger partial charge is 0.309 e. The molecule has 0 aromatic rings. The molecule has 0 heterocycles. The monoisotopic (exact) mass is 594 g/mol. The van der Waals surface area contributed by atoms with Crippen molar-refractivity contribution >= 4 is 17.7 Å². The van der Waals surface area contributed by atoms with Crippen LogP contribution in [0.1, 0.15) is 188 Å². The van der Waals surface area contributed by atoms with Gasteiger partial charge in [0.15, 0.2) is 0 Å². The summed E-state index contributed by atoms with van der Waals surface area (Å²) in [6.45, 7) is 9.51. The number of carbonyl (C=O) groups is 3. The first-order valence-electron chi connectivity index (χ1n) is 18.4. The molecule has 0 saturated heterocycles. The highest BCUT2D eigenvalue weighted by Gasteiger charge is 2.13. The summed E-state index contributed by atoms with van der Waals surface area (Å²) in [6.07, 6.45) is 31.2. The van der Waals surface area contributed by atoms with Gasteiger partial charge in [-0.25, -0.2) is 0 Å². The Bertz CT molecular complexity index is 618.